The molecule has 6 heteroatoms. The highest BCUT2D eigenvalue weighted by Crippen LogP contribution is 2.26. The number of likely N-dealkylation sites (tertiary alicyclic amines) is 1. The third kappa shape index (κ3) is 2.93. The topological polar surface area (TPSA) is 58.4 Å². The van der Waals surface area contributed by atoms with Crippen LogP contribution >= 0.6 is 15.9 Å². The van der Waals surface area contributed by atoms with Crippen LogP contribution in [0.2, 0.25) is 0 Å². The Morgan fingerprint density at radius 1 is 1.44 bits per heavy atom. The fourth-order valence-electron chi connectivity index (χ4n) is 1.96. The summed E-state index contributed by atoms with van der Waals surface area (Å²) in [5.74, 6) is -0.379. The number of rotatable bonds is 3. The van der Waals surface area contributed by atoms with Gasteiger partial charge >= 0.3 is 0 Å². The Labute approximate surface area is 113 Å². The molecule has 2 rings (SSSR count). The lowest BCUT2D eigenvalue weighted by atomic mass is 10.2. The molecule has 1 aromatic rings. The highest BCUT2D eigenvalue weighted by molar-refractivity contribution is 9.10. The summed E-state index contributed by atoms with van der Waals surface area (Å²) in [5, 5.41) is 2.88. The number of amides is 1. The molecule has 1 aliphatic rings. The predicted molar refractivity (Wildman–Crippen MR) is 72.8 cm³/mol. The molecule has 98 valence electrons. The second-order valence-corrected chi connectivity index (χ2v) is 5.15. The predicted octanol–water partition coefficient (Wildman–Crippen LogP) is 2.20. The summed E-state index contributed by atoms with van der Waals surface area (Å²) in [4.78, 5) is 13.6. The summed E-state index contributed by atoms with van der Waals surface area (Å²) < 4.78 is 13.7. The quantitative estimate of drug-likeness (QED) is 0.841. The largest absolute Gasteiger partial charge is 0.397 e. The molecule has 1 aromatic carbocycles. The number of halogens is 2. The fourth-order valence-corrected chi connectivity index (χ4v) is 2.33. The molecule has 1 saturated heterocycles. The van der Waals surface area contributed by atoms with Gasteiger partial charge < -0.3 is 16.0 Å². The normalized spacial score (nSPS) is 14.9. The Morgan fingerprint density at radius 2 is 2.11 bits per heavy atom. The Morgan fingerprint density at radius 3 is 2.78 bits per heavy atom. The van der Waals surface area contributed by atoms with Gasteiger partial charge in [-0.3, -0.25) is 4.79 Å². The maximum absolute atomic E-state index is 13.3. The van der Waals surface area contributed by atoms with Crippen LogP contribution in [0, 0.1) is 5.82 Å². The Kier molecular flexibility index (Phi) is 4.06. The van der Waals surface area contributed by atoms with Gasteiger partial charge in [-0.15, -0.1) is 0 Å². The first-order chi connectivity index (χ1) is 8.58. The molecule has 4 nitrogen and oxygen atoms in total. The van der Waals surface area contributed by atoms with Crippen molar-refractivity contribution in [3.05, 3.63) is 22.4 Å². The molecule has 0 spiro atoms. The molecule has 0 unspecified atom stereocenters. The SMILES string of the molecule is Nc1cc(Br)c(F)cc1NCC(=O)N1CCCC1. The van der Waals surface area contributed by atoms with Crippen LogP contribution in [0.5, 0.6) is 0 Å². The lowest BCUT2D eigenvalue weighted by Crippen LogP contribution is -2.33. The summed E-state index contributed by atoms with van der Waals surface area (Å²) in [6.07, 6.45) is 2.11. The van der Waals surface area contributed by atoms with Gasteiger partial charge in [-0.2, -0.15) is 0 Å². The van der Waals surface area contributed by atoms with Crippen LogP contribution in [0.1, 0.15) is 12.8 Å². The van der Waals surface area contributed by atoms with Crippen molar-refractivity contribution in [1.82, 2.24) is 4.90 Å². The number of nitrogens with two attached hydrogens (primary N) is 1. The van der Waals surface area contributed by atoms with Crippen LogP contribution < -0.4 is 11.1 Å². The molecule has 0 aromatic heterocycles. The van der Waals surface area contributed by atoms with E-state index in [0.717, 1.165) is 25.9 Å². The fraction of sp³-hybridized carbons (Fsp3) is 0.417. The van der Waals surface area contributed by atoms with Crippen molar-refractivity contribution in [1.29, 1.82) is 0 Å². The van der Waals surface area contributed by atoms with Crippen LogP contribution in [-0.2, 0) is 4.79 Å². The number of carbonyl (C=O) groups excluding carboxylic acids is 1. The van der Waals surface area contributed by atoms with Gasteiger partial charge in [0.2, 0.25) is 5.91 Å². The van der Waals surface area contributed by atoms with Crippen molar-refractivity contribution in [3.8, 4) is 0 Å². The number of anilines is 2. The average molecular weight is 316 g/mol. The number of hydrogen-bond acceptors (Lipinski definition) is 3. The zero-order valence-corrected chi connectivity index (χ0v) is 11.5. The molecule has 0 atom stereocenters. The van der Waals surface area contributed by atoms with E-state index in [-0.39, 0.29) is 12.5 Å². The zero-order valence-electron chi connectivity index (χ0n) is 9.88. The zero-order chi connectivity index (χ0) is 13.1. The lowest BCUT2D eigenvalue weighted by molar-refractivity contribution is -0.128. The van der Waals surface area contributed by atoms with E-state index in [4.69, 9.17) is 5.73 Å². The maximum Gasteiger partial charge on any atom is 0.241 e. The van der Waals surface area contributed by atoms with Crippen molar-refractivity contribution in [2.24, 2.45) is 0 Å². The van der Waals surface area contributed by atoms with E-state index in [1.807, 2.05) is 0 Å². The second-order valence-electron chi connectivity index (χ2n) is 4.30. The number of nitrogens with one attached hydrogen (secondary N) is 1. The van der Waals surface area contributed by atoms with Crippen LogP contribution in [0.3, 0.4) is 0 Å². The minimum absolute atomic E-state index is 0.0234. The third-order valence-corrected chi connectivity index (χ3v) is 3.59. The van der Waals surface area contributed by atoms with Gasteiger partial charge in [0.05, 0.1) is 22.4 Å². The second kappa shape index (κ2) is 5.56. The van der Waals surface area contributed by atoms with E-state index < -0.39 is 5.82 Å². The third-order valence-electron chi connectivity index (χ3n) is 2.98. The molecule has 1 fully saturated rings. The number of nitrogens with zero attached hydrogens (tertiary/aromatic N) is 1. The van der Waals surface area contributed by atoms with E-state index in [2.05, 4.69) is 21.2 Å². The van der Waals surface area contributed by atoms with Crippen LogP contribution in [-0.4, -0.2) is 30.4 Å². The minimum Gasteiger partial charge on any atom is -0.397 e. The van der Waals surface area contributed by atoms with Crippen LogP contribution in [0.15, 0.2) is 16.6 Å². The molecular formula is C12H15BrFN3O. The Bertz CT molecular complexity index is 461. The molecule has 0 aliphatic carbocycles. The first-order valence-corrected chi connectivity index (χ1v) is 6.63. The van der Waals surface area contributed by atoms with Crippen molar-refractivity contribution >= 4 is 33.2 Å². The number of carbonyl (C=O) groups is 1. The summed E-state index contributed by atoms with van der Waals surface area (Å²) in [7, 11) is 0. The monoisotopic (exact) mass is 315 g/mol. The van der Waals surface area contributed by atoms with Crippen molar-refractivity contribution in [2.75, 3.05) is 30.7 Å². The smallest absolute Gasteiger partial charge is 0.241 e. The average Bonchev–Trinajstić information content (AvgIpc) is 2.85. The maximum atomic E-state index is 13.3. The van der Waals surface area contributed by atoms with Crippen molar-refractivity contribution < 1.29 is 9.18 Å². The molecular weight excluding hydrogens is 301 g/mol. The molecule has 1 amide bonds. The van der Waals surface area contributed by atoms with Crippen molar-refractivity contribution in [2.45, 2.75) is 12.8 Å². The summed E-state index contributed by atoms with van der Waals surface area (Å²) >= 11 is 3.06. The van der Waals surface area contributed by atoms with Crippen LogP contribution in [0.25, 0.3) is 0 Å². The van der Waals surface area contributed by atoms with Gasteiger partial charge in [0.1, 0.15) is 5.82 Å². The molecule has 1 heterocycles. The van der Waals surface area contributed by atoms with E-state index in [0.29, 0.717) is 15.8 Å². The van der Waals surface area contributed by atoms with E-state index in [1.165, 1.54) is 12.1 Å². The molecule has 3 N–H and O–H groups in total. The van der Waals surface area contributed by atoms with E-state index in [9.17, 15) is 9.18 Å². The Hall–Kier alpha value is -1.30. The lowest BCUT2D eigenvalue weighted by Gasteiger charge is -2.16. The molecule has 18 heavy (non-hydrogen) atoms. The standard InChI is InChI=1S/C12H15BrFN3O/c13-8-5-10(15)11(6-9(8)14)16-7-12(18)17-3-1-2-4-17/h5-6,16H,1-4,7,15H2. The summed E-state index contributed by atoms with van der Waals surface area (Å²) in [6.45, 7) is 1.76. The summed E-state index contributed by atoms with van der Waals surface area (Å²) in [6, 6.07) is 2.77. The van der Waals surface area contributed by atoms with Gasteiger partial charge in [0.15, 0.2) is 0 Å². The molecule has 1 aliphatic heterocycles. The highest BCUT2D eigenvalue weighted by atomic mass is 79.9. The Balaban J connectivity index is 1.97. The van der Waals surface area contributed by atoms with Gasteiger partial charge in [-0.1, -0.05) is 0 Å². The molecule has 0 bridgehead atoms. The number of benzene rings is 1. The van der Waals surface area contributed by atoms with Crippen LogP contribution in [0.4, 0.5) is 15.8 Å². The molecule has 0 saturated carbocycles. The molecule has 0 radical (unpaired) electrons. The summed E-state index contributed by atoms with van der Waals surface area (Å²) in [5.41, 5.74) is 6.61. The minimum atomic E-state index is -0.402. The van der Waals surface area contributed by atoms with Gasteiger partial charge in [-0.05, 0) is 34.8 Å². The number of nitrogen functional groups attached to an aromatic ring is 1. The van der Waals surface area contributed by atoms with E-state index in [1.54, 1.807) is 4.90 Å². The first kappa shape index (κ1) is 13.1. The van der Waals surface area contributed by atoms with Gasteiger partial charge in [-0.25, -0.2) is 4.39 Å². The van der Waals surface area contributed by atoms with Gasteiger partial charge in [0, 0.05) is 19.2 Å². The number of hydrogen-bond donors (Lipinski definition) is 2. The van der Waals surface area contributed by atoms with E-state index >= 15 is 0 Å². The first-order valence-electron chi connectivity index (χ1n) is 5.84. The van der Waals surface area contributed by atoms with Crippen molar-refractivity contribution in [3.63, 3.8) is 0 Å². The highest BCUT2D eigenvalue weighted by Gasteiger charge is 2.17. The van der Waals surface area contributed by atoms with Gasteiger partial charge in [0.25, 0.3) is 0 Å².